The minimum absolute atomic E-state index is 0.000478. The first-order valence-electron chi connectivity index (χ1n) is 36.3. The molecule has 18 nitrogen and oxygen atoms in total. The van der Waals surface area contributed by atoms with Crippen LogP contribution in [0.5, 0.6) is 5.88 Å². The van der Waals surface area contributed by atoms with Crippen LogP contribution in [-0.4, -0.2) is 123 Å². The fraction of sp³-hybridized carbons (Fsp3) is 0.273. The van der Waals surface area contributed by atoms with Gasteiger partial charge < -0.3 is 48.0 Å². The number of aromatic nitrogens is 5. The lowest BCUT2D eigenvalue weighted by atomic mass is 9.65. The zero-order chi connectivity index (χ0) is 76.4. The molecule has 3 aliphatic heterocycles. The van der Waals surface area contributed by atoms with E-state index in [0.29, 0.717) is 51.0 Å². The predicted molar refractivity (Wildman–Crippen MR) is 417 cm³/mol. The van der Waals surface area contributed by atoms with Crippen LogP contribution in [0.2, 0.25) is 0 Å². The Kier molecular flexibility index (Phi) is 19.5. The van der Waals surface area contributed by atoms with Crippen molar-refractivity contribution in [2.24, 2.45) is 15.0 Å². The number of hydrogen-bond donors (Lipinski definition) is 3. The third-order valence-electron chi connectivity index (χ3n) is 21.6. The van der Waals surface area contributed by atoms with Gasteiger partial charge in [0.05, 0.1) is 61.6 Å². The standard InChI is InChI=1S/C31H30FN3O4.C29H25FN2O3.C28H26FN3O3/c1-31(2,17-38-3)28-27(23-11-12-25(30(36)37)34-29(23)39-22-5-4-6-22)24-13-18-15-33-16-19(18)14-26(24)35(28)21-9-7-20(32)8-10-21;1-35-17-29(11-2-12-29)27-26(18-3-5-19(6-4-18)28(33)34)24-13-20-15-31-16-21(20)14-25(24)32(27)23-9-7-22(30)8-10-23;1-16-21(9-10-23(31-16)27(33)34)25-22-11-17-13-30-14-18(17)12-24(22)32(20-7-5-19(29)6-8-20)26(25)28(2,3)15-35-4/h7-14,16,22H,4-6,15,17H2,1-3H3,(H,36,37);3-10,13-14,16H,2,11-12,15,17H2,1H3,(H,33,34);5-12,14H,13,15H2,1-4H3,(H,33,34). The summed E-state index contributed by atoms with van der Waals surface area (Å²) >= 11 is 0. The summed E-state index contributed by atoms with van der Waals surface area (Å²) in [5, 5.41) is 31.6. The highest BCUT2D eigenvalue weighted by atomic mass is 19.1. The zero-order valence-corrected chi connectivity index (χ0v) is 61.7. The van der Waals surface area contributed by atoms with E-state index in [9.17, 15) is 42.9 Å². The molecule has 0 spiro atoms. The first-order valence-corrected chi connectivity index (χ1v) is 36.3. The van der Waals surface area contributed by atoms with Gasteiger partial charge in [0, 0.05) is 140 Å². The summed E-state index contributed by atoms with van der Waals surface area (Å²) in [5.74, 6) is -3.71. The first-order chi connectivity index (χ1) is 52.5. The SMILES string of the molecule is COCC(C)(C)c1c(-c2ccc(C(=O)O)nc2C)c2cc3c(cc2n1-c1ccc(F)cc1)C=NC3.COCC(C)(C)c1c(-c2ccc(C(=O)O)nc2OC2CCC2)c2cc3c(cc2n1-c1ccc(F)cc1)C=NC3.COCC1(c2c(-c3ccc(C(=O)O)cc3)c3cc4c(cc3n2-c2ccc(F)cc2)C=NC4)CCC1. The minimum atomic E-state index is -1.11. The van der Waals surface area contributed by atoms with Crippen molar-refractivity contribution < 1.29 is 61.8 Å². The molecule has 8 heterocycles. The Morgan fingerprint density at radius 1 is 0.495 bits per heavy atom. The van der Waals surface area contributed by atoms with Crippen LogP contribution >= 0.6 is 0 Å². The number of ether oxygens (including phenoxy) is 4. The summed E-state index contributed by atoms with van der Waals surface area (Å²) < 4.78 is 71.8. The third-order valence-corrected chi connectivity index (χ3v) is 21.6. The Bertz CT molecular complexity index is 5710. The van der Waals surface area contributed by atoms with Gasteiger partial charge >= 0.3 is 17.9 Å². The second kappa shape index (κ2) is 29.2. The van der Waals surface area contributed by atoms with Crippen molar-refractivity contribution in [1.29, 1.82) is 0 Å². The average molecular weight is 1470 g/mol. The summed E-state index contributed by atoms with van der Waals surface area (Å²) in [5.41, 5.74) is 20.2. The number of halogens is 3. The maximum atomic E-state index is 14.0. The third kappa shape index (κ3) is 13.5. The van der Waals surface area contributed by atoms with Gasteiger partial charge in [-0.25, -0.2) is 37.5 Å². The maximum Gasteiger partial charge on any atom is 0.354 e. The van der Waals surface area contributed by atoms with Crippen molar-refractivity contribution in [1.82, 2.24) is 23.7 Å². The molecule has 2 aliphatic carbocycles. The molecule has 0 bridgehead atoms. The Labute approximate surface area is 627 Å². The van der Waals surface area contributed by atoms with Gasteiger partial charge in [-0.15, -0.1) is 0 Å². The largest absolute Gasteiger partial charge is 0.478 e. The minimum Gasteiger partial charge on any atom is -0.478 e. The molecule has 0 amide bonds. The fourth-order valence-electron chi connectivity index (χ4n) is 16.3. The van der Waals surface area contributed by atoms with E-state index in [-0.39, 0.29) is 45.9 Å². The molecule has 21 heteroatoms. The lowest BCUT2D eigenvalue weighted by molar-refractivity contribution is 0.0677. The highest BCUT2D eigenvalue weighted by Gasteiger charge is 2.45. The van der Waals surface area contributed by atoms with E-state index in [2.05, 4.69) is 103 Å². The van der Waals surface area contributed by atoms with Crippen molar-refractivity contribution >= 4 is 69.3 Å². The van der Waals surface area contributed by atoms with E-state index in [1.807, 2.05) is 55.9 Å². The molecule has 5 aliphatic rings. The molecule has 109 heavy (non-hydrogen) atoms. The number of nitrogens with zero attached hydrogens (tertiary/aromatic N) is 8. The molecule has 17 rings (SSSR count). The molecule has 554 valence electrons. The lowest BCUT2D eigenvalue weighted by Crippen LogP contribution is -2.40. The van der Waals surface area contributed by atoms with E-state index in [1.54, 1.807) is 63.8 Å². The molecular weight excluding hydrogens is 1390 g/mol. The van der Waals surface area contributed by atoms with E-state index in [0.717, 1.165) is 172 Å². The molecule has 0 radical (unpaired) electrons. The van der Waals surface area contributed by atoms with Gasteiger partial charge in [0.2, 0.25) is 5.88 Å². The smallest absolute Gasteiger partial charge is 0.354 e. The van der Waals surface area contributed by atoms with Crippen molar-refractivity contribution in [3.63, 3.8) is 0 Å². The van der Waals surface area contributed by atoms with Crippen LogP contribution in [0.25, 0.3) is 83.2 Å². The topological polar surface area (TPSA) is 226 Å². The Morgan fingerprint density at radius 3 is 1.31 bits per heavy atom. The second-order valence-corrected chi connectivity index (χ2v) is 30.0. The van der Waals surface area contributed by atoms with Crippen molar-refractivity contribution in [3.8, 4) is 56.3 Å². The van der Waals surface area contributed by atoms with Crippen molar-refractivity contribution in [2.75, 3.05) is 41.2 Å². The summed E-state index contributed by atoms with van der Waals surface area (Å²) in [6, 6.07) is 46.2. The van der Waals surface area contributed by atoms with Gasteiger partial charge in [-0.1, -0.05) is 52.3 Å². The summed E-state index contributed by atoms with van der Waals surface area (Å²) in [4.78, 5) is 57.1. The van der Waals surface area contributed by atoms with Crippen LogP contribution in [0.1, 0.15) is 154 Å². The number of aryl methyl sites for hydroxylation is 1. The van der Waals surface area contributed by atoms with Crippen LogP contribution in [0.15, 0.2) is 173 Å². The van der Waals surface area contributed by atoms with Crippen LogP contribution in [0.4, 0.5) is 13.2 Å². The molecule has 3 N–H and O–H groups in total. The molecule has 5 aromatic heterocycles. The van der Waals surface area contributed by atoms with E-state index < -0.39 is 28.7 Å². The molecular formula is C88H81F3N8O10. The Balaban J connectivity index is 0.000000130. The summed E-state index contributed by atoms with van der Waals surface area (Å²) in [7, 11) is 5.08. The monoisotopic (exact) mass is 1470 g/mol. The molecule has 0 atom stereocenters. The van der Waals surface area contributed by atoms with Gasteiger partial charge in [-0.05, 0) is 217 Å². The van der Waals surface area contributed by atoms with Gasteiger partial charge in [-0.2, -0.15) is 0 Å². The number of methoxy groups -OCH3 is 3. The average Bonchev–Trinajstić information content (AvgIpc) is 1.57. The molecule has 7 aromatic carbocycles. The summed E-state index contributed by atoms with van der Waals surface area (Å²) in [6.45, 7) is 13.5. The highest BCUT2D eigenvalue weighted by molar-refractivity contribution is 6.07. The van der Waals surface area contributed by atoms with Gasteiger partial charge in [0.15, 0.2) is 5.69 Å². The predicted octanol–water partition coefficient (Wildman–Crippen LogP) is 18.1. The number of benzene rings is 7. The Morgan fingerprint density at radius 2 is 0.917 bits per heavy atom. The normalized spacial score (nSPS) is 14.6. The number of pyridine rings is 2. The Hall–Kier alpha value is -11.7. The molecule has 0 saturated heterocycles. The van der Waals surface area contributed by atoms with E-state index >= 15 is 0 Å². The van der Waals surface area contributed by atoms with Crippen LogP contribution < -0.4 is 4.74 Å². The first kappa shape index (κ1) is 72.9. The molecule has 2 saturated carbocycles. The number of hydrogen-bond acceptors (Lipinski definition) is 12. The molecule has 12 aromatic rings. The van der Waals surface area contributed by atoms with Gasteiger partial charge in [-0.3, -0.25) is 15.0 Å². The number of fused-ring (bicyclic) bond motifs is 6. The second-order valence-electron chi connectivity index (χ2n) is 30.0. The van der Waals surface area contributed by atoms with Crippen molar-refractivity contribution in [3.05, 3.63) is 248 Å². The van der Waals surface area contributed by atoms with Gasteiger partial charge in [0.1, 0.15) is 29.2 Å². The van der Waals surface area contributed by atoms with E-state index in [1.165, 1.54) is 48.5 Å². The van der Waals surface area contributed by atoms with Crippen LogP contribution in [0, 0.1) is 24.4 Å². The number of aromatic carboxylic acids is 3. The summed E-state index contributed by atoms with van der Waals surface area (Å²) in [6.07, 6.45) is 11.6. The maximum absolute atomic E-state index is 14.0. The highest BCUT2D eigenvalue weighted by Crippen LogP contribution is 2.53. The molecule has 2 fully saturated rings. The number of aliphatic imine (C=N–C) groups is 3. The number of carboxylic acid groups (broad SMARTS) is 3. The number of carboxylic acids is 3. The van der Waals surface area contributed by atoms with Crippen molar-refractivity contribution in [2.45, 2.75) is 115 Å². The van der Waals surface area contributed by atoms with Gasteiger partial charge in [0.25, 0.3) is 0 Å². The molecule has 0 unspecified atom stereocenters. The van der Waals surface area contributed by atoms with Crippen LogP contribution in [0.3, 0.4) is 0 Å². The zero-order valence-electron chi connectivity index (χ0n) is 61.7. The van der Waals surface area contributed by atoms with Crippen LogP contribution in [-0.2, 0) is 50.1 Å². The number of carbonyl (C=O) groups is 3. The fourth-order valence-corrected chi connectivity index (χ4v) is 16.3. The van der Waals surface area contributed by atoms with E-state index in [4.69, 9.17) is 18.9 Å². The number of rotatable bonds is 20. The quantitative estimate of drug-likeness (QED) is 0.0648. The lowest BCUT2D eigenvalue weighted by Gasteiger charge is -2.43.